The average molecular weight is 300 g/mol. The minimum Gasteiger partial charge on any atom is -0.468 e. The maximum absolute atomic E-state index is 14.1. The van der Waals surface area contributed by atoms with Crippen LogP contribution >= 0.6 is 0 Å². The molecule has 1 atom stereocenters. The summed E-state index contributed by atoms with van der Waals surface area (Å²) in [5.74, 6) is 0.414. The largest absolute Gasteiger partial charge is 0.468 e. The van der Waals surface area contributed by atoms with Crippen molar-refractivity contribution in [3.05, 3.63) is 58.8 Å². The van der Waals surface area contributed by atoms with Crippen LogP contribution in [-0.4, -0.2) is 11.7 Å². The van der Waals surface area contributed by atoms with E-state index in [0.29, 0.717) is 24.1 Å². The molecule has 0 amide bonds. The van der Waals surface area contributed by atoms with Gasteiger partial charge in [0.2, 0.25) is 5.96 Å². The van der Waals surface area contributed by atoms with E-state index >= 15 is 0 Å². The number of hydrogen-bond acceptors (Lipinski definition) is 3. The van der Waals surface area contributed by atoms with Gasteiger partial charge in [-0.25, -0.2) is 4.39 Å². The van der Waals surface area contributed by atoms with E-state index in [4.69, 9.17) is 15.9 Å². The average Bonchev–Trinajstić information content (AvgIpc) is 2.87. The number of guanidine groups is 1. The number of aryl methyl sites for hydroxylation is 1. The van der Waals surface area contributed by atoms with Crippen molar-refractivity contribution in [3.8, 4) is 0 Å². The fraction of sp³-hybridized carbons (Fsp3) is 0.250. The van der Waals surface area contributed by atoms with Crippen LogP contribution in [0, 0.1) is 12.7 Å². The van der Waals surface area contributed by atoms with Gasteiger partial charge in [0.25, 0.3) is 0 Å². The summed E-state index contributed by atoms with van der Waals surface area (Å²) in [5, 5.41) is 7.88. The van der Waals surface area contributed by atoms with Crippen molar-refractivity contribution >= 4 is 11.7 Å². The Bertz CT molecular complexity index is 759. The van der Waals surface area contributed by atoms with Crippen LogP contribution in [0.5, 0.6) is 0 Å². The molecule has 0 spiro atoms. The molecule has 1 unspecified atom stereocenters. The molecule has 0 radical (unpaired) electrons. The van der Waals surface area contributed by atoms with Crippen LogP contribution in [0.15, 0.2) is 45.1 Å². The fourth-order valence-electron chi connectivity index (χ4n) is 2.90. The minimum atomic E-state index is -0.222. The van der Waals surface area contributed by atoms with Crippen molar-refractivity contribution in [2.75, 3.05) is 0 Å². The monoisotopic (exact) mass is 300 g/mol. The Morgan fingerprint density at radius 3 is 2.77 bits per heavy atom. The van der Waals surface area contributed by atoms with Crippen LogP contribution in [0.3, 0.4) is 0 Å². The summed E-state index contributed by atoms with van der Waals surface area (Å²) in [5.41, 5.74) is 14.0. The Labute approximate surface area is 127 Å². The van der Waals surface area contributed by atoms with Crippen molar-refractivity contribution < 1.29 is 8.81 Å². The first-order valence-electron chi connectivity index (χ1n) is 7.03. The van der Waals surface area contributed by atoms with Crippen LogP contribution in [0.1, 0.15) is 34.8 Å². The van der Waals surface area contributed by atoms with Crippen molar-refractivity contribution in [1.29, 1.82) is 0 Å². The molecule has 114 valence electrons. The molecule has 0 saturated carbocycles. The molecule has 4 N–H and O–H groups in total. The Hall–Kier alpha value is -2.63. The number of hydrogen-bond donors (Lipinski definition) is 2. The second-order valence-corrected chi connectivity index (χ2v) is 5.42. The van der Waals surface area contributed by atoms with Gasteiger partial charge >= 0.3 is 0 Å². The Kier molecular flexibility index (Phi) is 3.66. The zero-order chi connectivity index (χ0) is 15.7. The molecule has 0 aliphatic heterocycles. The van der Waals surface area contributed by atoms with Gasteiger partial charge in [-0.15, -0.1) is 5.10 Å². The van der Waals surface area contributed by atoms with Crippen LogP contribution in [0.2, 0.25) is 0 Å². The van der Waals surface area contributed by atoms with E-state index in [2.05, 4.69) is 10.2 Å². The third-order valence-electron chi connectivity index (χ3n) is 3.84. The first-order valence-corrected chi connectivity index (χ1v) is 7.03. The van der Waals surface area contributed by atoms with Gasteiger partial charge in [-0.05, 0) is 36.5 Å². The first-order chi connectivity index (χ1) is 10.6. The van der Waals surface area contributed by atoms with Crippen molar-refractivity contribution in [3.63, 3.8) is 0 Å². The topological polar surface area (TPSA) is 89.9 Å². The highest BCUT2D eigenvalue weighted by atomic mass is 19.1. The SMILES string of the molecule is Cc1coc2c1/C(=N\N=C(N)N)CC(c1ccccc1F)C2. The first kappa shape index (κ1) is 14.3. The smallest absolute Gasteiger partial charge is 0.211 e. The Morgan fingerprint density at radius 1 is 1.27 bits per heavy atom. The summed E-state index contributed by atoms with van der Waals surface area (Å²) in [7, 11) is 0. The van der Waals surface area contributed by atoms with E-state index < -0.39 is 0 Å². The van der Waals surface area contributed by atoms with E-state index in [-0.39, 0.29) is 17.7 Å². The number of nitrogens with two attached hydrogens (primary N) is 2. The second kappa shape index (κ2) is 5.63. The quantitative estimate of drug-likeness (QED) is 0.507. The van der Waals surface area contributed by atoms with Crippen LogP contribution in [0.25, 0.3) is 0 Å². The summed E-state index contributed by atoms with van der Waals surface area (Å²) >= 11 is 0. The lowest BCUT2D eigenvalue weighted by Crippen LogP contribution is -2.23. The zero-order valence-electron chi connectivity index (χ0n) is 12.2. The molecule has 0 saturated heterocycles. The summed E-state index contributed by atoms with van der Waals surface area (Å²) in [6.07, 6.45) is 2.87. The third-order valence-corrected chi connectivity index (χ3v) is 3.84. The lowest BCUT2D eigenvalue weighted by molar-refractivity contribution is 0.473. The zero-order valence-corrected chi connectivity index (χ0v) is 12.2. The van der Waals surface area contributed by atoms with Crippen molar-refractivity contribution in [2.45, 2.75) is 25.7 Å². The molecule has 22 heavy (non-hydrogen) atoms. The maximum atomic E-state index is 14.1. The van der Waals surface area contributed by atoms with Gasteiger partial charge in [0.05, 0.1) is 12.0 Å². The van der Waals surface area contributed by atoms with E-state index in [0.717, 1.165) is 16.9 Å². The summed E-state index contributed by atoms with van der Waals surface area (Å²) in [6, 6.07) is 6.76. The molecule has 1 heterocycles. The second-order valence-electron chi connectivity index (χ2n) is 5.42. The molecule has 1 aromatic heterocycles. The number of benzene rings is 1. The fourth-order valence-corrected chi connectivity index (χ4v) is 2.90. The molecule has 1 aliphatic rings. The molecule has 2 aromatic rings. The number of furan rings is 1. The van der Waals surface area contributed by atoms with Crippen LogP contribution in [-0.2, 0) is 6.42 Å². The molecule has 5 nitrogen and oxygen atoms in total. The Balaban J connectivity index is 2.04. The van der Waals surface area contributed by atoms with Gasteiger partial charge in [-0.1, -0.05) is 18.2 Å². The molecular weight excluding hydrogens is 283 g/mol. The Morgan fingerprint density at radius 2 is 2.05 bits per heavy atom. The van der Waals surface area contributed by atoms with Gasteiger partial charge in [0.15, 0.2) is 0 Å². The lowest BCUT2D eigenvalue weighted by atomic mass is 9.81. The summed E-state index contributed by atoms with van der Waals surface area (Å²) in [6.45, 7) is 1.94. The van der Waals surface area contributed by atoms with E-state index in [1.54, 1.807) is 18.4 Å². The highest BCUT2D eigenvalue weighted by molar-refractivity contribution is 6.04. The molecule has 3 rings (SSSR count). The van der Waals surface area contributed by atoms with Gasteiger partial charge in [-0.2, -0.15) is 5.10 Å². The molecule has 1 aliphatic carbocycles. The highest BCUT2D eigenvalue weighted by Gasteiger charge is 2.30. The normalized spacial score (nSPS) is 19.0. The lowest BCUT2D eigenvalue weighted by Gasteiger charge is -2.23. The number of rotatable bonds is 2. The molecule has 6 heteroatoms. The predicted octanol–water partition coefficient (Wildman–Crippen LogP) is 2.43. The summed E-state index contributed by atoms with van der Waals surface area (Å²) in [4.78, 5) is 0. The molecule has 0 bridgehead atoms. The molecule has 0 fully saturated rings. The van der Waals surface area contributed by atoms with Gasteiger partial charge in [0, 0.05) is 12.0 Å². The highest BCUT2D eigenvalue weighted by Crippen LogP contribution is 2.36. The van der Waals surface area contributed by atoms with E-state index in [1.807, 2.05) is 13.0 Å². The van der Waals surface area contributed by atoms with Crippen LogP contribution in [0.4, 0.5) is 4.39 Å². The standard InChI is InChI=1S/C16H17FN4O/c1-9-8-22-14-7-10(11-4-2-3-5-12(11)17)6-13(15(9)14)20-21-16(18)19/h2-5,8,10H,6-7H2,1H3,(H4,18,19,21)/b20-13-. The number of nitrogens with zero attached hydrogens (tertiary/aromatic N) is 2. The third kappa shape index (κ3) is 2.59. The van der Waals surface area contributed by atoms with Crippen LogP contribution < -0.4 is 11.5 Å². The maximum Gasteiger partial charge on any atom is 0.211 e. The summed E-state index contributed by atoms with van der Waals surface area (Å²) < 4.78 is 19.7. The van der Waals surface area contributed by atoms with Gasteiger partial charge in [0.1, 0.15) is 11.6 Å². The molecular formula is C16H17FN4O. The molecule has 1 aromatic carbocycles. The van der Waals surface area contributed by atoms with E-state index in [9.17, 15) is 4.39 Å². The number of fused-ring (bicyclic) bond motifs is 1. The number of halogens is 1. The minimum absolute atomic E-state index is 0.0489. The van der Waals surface area contributed by atoms with Gasteiger partial charge in [-0.3, -0.25) is 0 Å². The van der Waals surface area contributed by atoms with E-state index in [1.165, 1.54) is 6.07 Å². The van der Waals surface area contributed by atoms with Crippen molar-refractivity contribution in [2.24, 2.45) is 21.7 Å². The predicted molar refractivity (Wildman–Crippen MR) is 83.3 cm³/mol. The van der Waals surface area contributed by atoms with Gasteiger partial charge < -0.3 is 15.9 Å². The van der Waals surface area contributed by atoms with Crippen molar-refractivity contribution in [1.82, 2.24) is 0 Å².